The molecule has 31 heavy (non-hydrogen) atoms. The zero-order chi connectivity index (χ0) is 22.4. The molecule has 0 saturated carbocycles. The standard InChI is InChI=1S/C25H31N5O/c1-6-19-15-21(14-17(3)25(19)26-5)20-8-9-22(24(31)16-20)23(7-2)29-28-18(4)30-12-10-27-11-13-30/h6-9,14-16,27,31H,2,10-13H2,1,3-5H3/b19-6-,26-25?,28-18+,29-23+. The van der Waals surface area contributed by atoms with Crippen LogP contribution in [-0.4, -0.2) is 60.5 Å². The number of hydrogen-bond acceptors (Lipinski definition) is 5. The van der Waals surface area contributed by atoms with E-state index in [1.165, 1.54) is 0 Å². The third-order valence-corrected chi connectivity index (χ3v) is 5.54. The van der Waals surface area contributed by atoms with Crippen molar-refractivity contribution in [1.29, 1.82) is 0 Å². The lowest BCUT2D eigenvalue weighted by Gasteiger charge is -2.28. The van der Waals surface area contributed by atoms with Gasteiger partial charge in [0.15, 0.2) is 0 Å². The predicted octanol–water partition coefficient (Wildman–Crippen LogP) is 3.97. The van der Waals surface area contributed by atoms with E-state index in [9.17, 15) is 5.11 Å². The molecule has 1 aromatic carbocycles. The van der Waals surface area contributed by atoms with Gasteiger partial charge in [-0.15, -0.1) is 10.2 Å². The summed E-state index contributed by atoms with van der Waals surface area (Å²) in [5.74, 6) is 1.01. The molecule has 0 atom stereocenters. The average Bonchev–Trinajstić information content (AvgIpc) is 2.80. The fourth-order valence-electron chi connectivity index (χ4n) is 3.81. The summed E-state index contributed by atoms with van der Waals surface area (Å²) in [6, 6.07) is 5.61. The minimum Gasteiger partial charge on any atom is -0.507 e. The predicted molar refractivity (Wildman–Crippen MR) is 131 cm³/mol. The van der Waals surface area contributed by atoms with Crippen LogP contribution in [0.4, 0.5) is 0 Å². The minimum atomic E-state index is 0.148. The van der Waals surface area contributed by atoms with E-state index in [1.54, 1.807) is 19.2 Å². The van der Waals surface area contributed by atoms with E-state index in [0.29, 0.717) is 11.3 Å². The lowest BCUT2D eigenvalue weighted by molar-refractivity contribution is 0.355. The summed E-state index contributed by atoms with van der Waals surface area (Å²) in [6.45, 7) is 13.6. The zero-order valence-corrected chi connectivity index (χ0v) is 18.8. The van der Waals surface area contributed by atoms with Crippen molar-refractivity contribution in [2.75, 3.05) is 33.2 Å². The molecule has 0 radical (unpaired) electrons. The van der Waals surface area contributed by atoms with Crippen molar-refractivity contribution in [3.05, 3.63) is 71.4 Å². The molecule has 1 aliphatic carbocycles. The van der Waals surface area contributed by atoms with Crippen LogP contribution in [-0.2, 0) is 0 Å². The summed E-state index contributed by atoms with van der Waals surface area (Å²) in [5.41, 5.74) is 6.27. The Kier molecular flexibility index (Phi) is 7.36. The van der Waals surface area contributed by atoms with Crippen LogP contribution in [0.15, 0.2) is 75.4 Å². The van der Waals surface area contributed by atoms with Crippen LogP contribution in [0.1, 0.15) is 31.9 Å². The zero-order valence-electron chi connectivity index (χ0n) is 18.8. The highest BCUT2D eigenvalue weighted by atomic mass is 16.3. The van der Waals surface area contributed by atoms with Crippen molar-refractivity contribution in [3.8, 4) is 5.75 Å². The van der Waals surface area contributed by atoms with Crippen molar-refractivity contribution in [1.82, 2.24) is 10.2 Å². The summed E-state index contributed by atoms with van der Waals surface area (Å²) in [5, 5.41) is 22.8. The molecule has 0 unspecified atom stereocenters. The number of allylic oxidation sites excluding steroid dienone is 7. The van der Waals surface area contributed by atoms with Crippen LogP contribution in [0.3, 0.4) is 0 Å². The third-order valence-electron chi connectivity index (χ3n) is 5.54. The first-order chi connectivity index (χ1) is 15.0. The Hall–Kier alpha value is -3.25. The number of phenols is 1. The molecule has 0 spiro atoms. The van der Waals surface area contributed by atoms with Gasteiger partial charge in [-0.25, -0.2) is 0 Å². The number of hydrogen-bond donors (Lipinski definition) is 2. The van der Waals surface area contributed by atoms with Crippen LogP contribution in [0.5, 0.6) is 5.75 Å². The second-order valence-electron chi connectivity index (χ2n) is 7.55. The van der Waals surface area contributed by atoms with Crippen LogP contribution in [0, 0.1) is 0 Å². The smallest absolute Gasteiger partial charge is 0.125 e. The summed E-state index contributed by atoms with van der Waals surface area (Å²) in [7, 11) is 1.80. The van der Waals surface area contributed by atoms with Gasteiger partial charge < -0.3 is 15.3 Å². The van der Waals surface area contributed by atoms with Gasteiger partial charge in [-0.1, -0.05) is 18.7 Å². The van der Waals surface area contributed by atoms with E-state index in [2.05, 4.69) is 44.1 Å². The maximum absolute atomic E-state index is 10.7. The van der Waals surface area contributed by atoms with Gasteiger partial charge in [0.1, 0.15) is 11.6 Å². The van der Waals surface area contributed by atoms with E-state index in [1.807, 2.05) is 39.0 Å². The van der Waals surface area contributed by atoms with Crippen molar-refractivity contribution >= 4 is 22.8 Å². The molecule has 1 aromatic rings. The highest BCUT2D eigenvalue weighted by Crippen LogP contribution is 2.30. The molecule has 2 aliphatic rings. The Morgan fingerprint density at radius 2 is 1.94 bits per heavy atom. The van der Waals surface area contributed by atoms with E-state index in [-0.39, 0.29) is 5.75 Å². The van der Waals surface area contributed by atoms with Crippen LogP contribution < -0.4 is 5.32 Å². The van der Waals surface area contributed by atoms with Gasteiger partial charge in [-0.3, -0.25) is 4.99 Å². The lowest BCUT2D eigenvalue weighted by Crippen LogP contribution is -2.45. The van der Waals surface area contributed by atoms with Crippen molar-refractivity contribution in [2.24, 2.45) is 15.2 Å². The van der Waals surface area contributed by atoms with Gasteiger partial charge in [0.05, 0.1) is 11.4 Å². The summed E-state index contributed by atoms with van der Waals surface area (Å²) >= 11 is 0. The van der Waals surface area contributed by atoms with E-state index < -0.39 is 0 Å². The van der Waals surface area contributed by atoms with Gasteiger partial charge in [-0.05, 0) is 73.4 Å². The highest BCUT2D eigenvalue weighted by Gasteiger charge is 2.16. The quantitative estimate of drug-likeness (QED) is 0.442. The van der Waals surface area contributed by atoms with E-state index in [4.69, 9.17) is 0 Å². The lowest BCUT2D eigenvalue weighted by atomic mass is 9.89. The van der Waals surface area contributed by atoms with Gasteiger partial charge in [-0.2, -0.15) is 0 Å². The monoisotopic (exact) mass is 417 g/mol. The summed E-state index contributed by atoms with van der Waals surface area (Å²) < 4.78 is 0. The molecule has 0 bridgehead atoms. The Morgan fingerprint density at radius 3 is 2.55 bits per heavy atom. The molecule has 0 aromatic heterocycles. The number of aliphatic imine (C=N–C) groups is 1. The van der Waals surface area contributed by atoms with Gasteiger partial charge >= 0.3 is 0 Å². The second kappa shape index (κ2) is 10.2. The van der Waals surface area contributed by atoms with Crippen molar-refractivity contribution in [2.45, 2.75) is 20.8 Å². The number of nitrogens with one attached hydrogen (secondary N) is 1. The molecule has 0 amide bonds. The molecule has 3 rings (SSSR count). The number of benzene rings is 1. The fourth-order valence-corrected chi connectivity index (χ4v) is 3.81. The molecule has 6 heteroatoms. The molecular weight excluding hydrogens is 386 g/mol. The minimum absolute atomic E-state index is 0.148. The Labute approximate surface area is 184 Å². The molecular formula is C25H31N5O. The Bertz CT molecular complexity index is 1030. The van der Waals surface area contributed by atoms with Crippen LogP contribution in [0.2, 0.25) is 0 Å². The number of phenolic OH excluding ortho intramolecular Hbond substituents is 1. The van der Waals surface area contributed by atoms with Gasteiger partial charge in [0.2, 0.25) is 0 Å². The number of aromatic hydroxyl groups is 1. The third kappa shape index (κ3) is 5.09. The van der Waals surface area contributed by atoms with Gasteiger partial charge in [0, 0.05) is 38.8 Å². The Balaban J connectivity index is 1.89. The van der Waals surface area contributed by atoms with Crippen molar-refractivity contribution in [3.63, 3.8) is 0 Å². The second-order valence-corrected chi connectivity index (χ2v) is 7.55. The van der Waals surface area contributed by atoms with E-state index in [0.717, 1.165) is 60.0 Å². The fraction of sp³-hybridized carbons (Fsp3) is 0.320. The maximum atomic E-state index is 10.7. The van der Waals surface area contributed by atoms with E-state index >= 15 is 0 Å². The number of nitrogens with zero attached hydrogens (tertiary/aromatic N) is 4. The molecule has 1 aliphatic heterocycles. The molecule has 1 heterocycles. The molecule has 1 fully saturated rings. The molecule has 1 saturated heterocycles. The first kappa shape index (κ1) is 22.4. The van der Waals surface area contributed by atoms with Crippen molar-refractivity contribution < 1.29 is 5.11 Å². The molecule has 6 nitrogen and oxygen atoms in total. The Morgan fingerprint density at radius 1 is 1.19 bits per heavy atom. The van der Waals surface area contributed by atoms with Crippen LogP contribution in [0.25, 0.3) is 5.57 Å². The SMILES string of the molecule is C=C/C(=N\N=C(/C)N1CCNCC1)c1ccc(C2=C/C(=C/C)C(=NC)C(C)=C2)cc1O. The number of piperazine rings is 1. The average molecular weight is 418 g/mol. The molecule has 2 N–H and O–H groups in total. The maximum Gasteiger partial charge on any atom is 0.125 e. The first-order valence-corrected chi connectivity index (χ1v) is 10.6. The number of rotatable bonds is 4. The summed E-state index contributed by atoms with van der Waals surface area (Å²) in [4.78, 5) is 6.58. The largest absolute Gasteiger partial charge is 0.507 e. The molecule has 162 valence electrons. The summed E-state index contributed by atoms with van der Waals surface area (Å²) in [6.07, 6.45) is 7.85. The normalized spacial score (nSPS) is 20.7. The highest BCUT2D eigenvalue weighted by molar-refractivity contribution is 6.18. The first-order valence-electron chi connectivity index (χ1n) is 10.6. The van der Waals surface area contributed by atoms with Gasteiger partial charge in [0.25, 0.3) is 0 Å². The van der Waals surface area contributed by atoms with Crippen LogP contribution >= 0.6 is 0 Å². The topological polar surface area (TPSA) is 72.6 Å². The number of amidine groups is 1.